The van der Waals surface area contributed by atoms with Gasteiger partial charge in [-0.05, 0) is 45.6 Å². The molecule has 0 bridgehead atoms. The van der Waals surface area contributed by atoms with Gasteiger partial charge in [-0.2, -0.15) is 0 Å². The van der Waals surface area contributed by atoms with Gasteiger partial charge in [0.05, 0.1) is 18.2 Å². The number of nitrogens with zero attached hydrogens (tertiary/aromatic N) is 1. The summed E-state index contributed by atoms with van der Waals surface area (Å²) in [6, 6.07) is 6.62. The normalized spacial score (nSPS) is 21.0. The van der Waals surface area contributed by atoms with E-state index < -0.39 is 6.04 Å². The van der Waals surface area contributed by atoms with Crippen LogP contribution in [0.2, 0.25) is 0 Å². The average Bonchev–Trinajstić information content (AvgIpc) is 3.13. The summed E-state index contributed by atoms with van der Waals surface area (Å²) in [5.41, 5.74) is 1.83. The second-order valence-electron chi connectivity index (χ2n) is 6.72. The van der Waals surface area contributed by atoms with Crippen LogP contribution in [0, 0.1) is 0 Å². The number of rotatable bonds is 5. The van der Waals surface area contributed by atoms with Gasteiger partial charge >= 0.3 is 12.0 Å². The predicted molar refractivity (Wildman–Crippen MR) is 97.7 cm³/mol. The van der Waals surface area contributed by atoms with Crippen LogP contribution >= 0.6 is 0 Å². The highest BCUT2D eigenvalue weighted by molar-refractivity contribution is 5.95. The zero-order valence-electron chi connectivity index (χ0n) is 15.6. The minimum absolute atomic E-state index is 0.0338. The van der Waals surface area contributed by atoms with E-state index in [1.807, 2.05) is 31.2 Å². The number of carbonyl (C=O) groups is 2. The van der Waals surface area contributed by atoms with Crippen LogP contribution in [0.25, 0.3) is 0 Å². The standard InChI is InChI=1S/C20H26N2O4/c1-4-25-16-12-8-7-11-15(16)18-17(13(2)22(3)20(24)21-18)19(23)26-14-9-5-6-10-14/h7-8,11-12,14,18H,4-6,9-10H2,1-3H3,(H,21,24)/t18-/m0/s1. The fourth-order valence-corrected chi connectivity index (χ4v) is 3.56. The van der Waals surface area contributed by atoms with Gasteiger partial charge in [0.15, 0.2) is 0 Å². The van der Waals surface area contributed by atoms with E-state index in [0.717, 1.165) is 31.2 Å². The quantitative estimate of drug-likeness (QED) is 0.818. The van der Waals surface area contributed by atoms with Gasteiger partial charge in [-0.25, -0.2) is 9.59 Å². The van der Waals surface area contributed by atoms with Crippen LogP contribution in [0.4, 0.5) is 4.79 Å². The Morgan fingerprint density at radius 2 is 1.96 bits per heavy atom. The molecule has 0 radical (unpaired) electrons. The van der Waals surface area contributed by atoms with E-state index in [-0.39, 0.29) is 18.1 Å². The Bertz CT molecular complexity index is 722. The first-order valence-electron chi connectivity index (χ1n) is 9.20. The third-order valence-electron chi connectivity index (χ3n) is 5.08. The van der Waals surface area contributed by atoms with E-state index in [1.165, 1.54) is 4.90 Å². The summed E-state index contributed by atoms with van der Waals surface area (Å²) in [5, 5.41) is 2.92. The maximum atomic E-state index is 13.0. The van der Waals surface area contributed by atoms with E-state index in [2.05, 4.69) is 5.32 Å². The van der Waals surface area contributed by atoms with Crippen LogP contribution in [0.3, 0.4) is 0 Å². The molecule has 26 heavy (non-hydrogen) atoms. The molecular formula is C20H26N2O4. The third-order valence-corrected chi connectivity index (χ3v) is 5.08. The maximum absolute atomic E-state index is 13.0. The summed E-state index contributed by atoms with van der Waals surface area (Å²) in [4.78, 5) is 26.8. The number of carbonyl (C=O) groups excluding carboxylic acids is 2. The van der Waals surface area contributed by atoms with Gasteiger partial charge in [0.2, 0.25) is 0 Å². The van der Waals surface area contributed by atoms with Crippen LogP contribution in [-0.2, 0) is 9.53 Å². The van der Waals surface area contributed by atoms with Crippen LogP contribution in [0.5, 0.6) is 5.75 Å². The van der Waals surface area contributed by atoms with Gasteiger partial charge in [-0.1, -0.05) is 18.2 Å². The van der Waals surface area contributed by atoms with Crippen molar-refractivity contribution in [2.45, 2.75) is 51.7 Å². The SMILES string of the molecule is CCOc1ccccc1[C@@H]1NC(=O)N(C)C(C)=C1C(=O)OC1CCCC1. The van der Waals surface area contributed by atoms with Crippen molar-refractivity contribution >= 4 is 12.0 Å². The molecule has 1 heterocycles. The summed E-state index contributed by atoms with van der Waals surface area (Å²) >= 11 is 0. The molecule has 2 amide bonds. The van der Waals surface area contributed by atoms with Crippen molar-refractivity contribution in [1.82, 2.24) is 10.2 Å². The predicted octanol–water partition coefficient (Wildman–Crippen LogP) is 3.54. The van der Waals surface area contributed by atoms with E-state index in [9.17, 15) is 9.59 Å². The van der Waals surface area contributed by atoms with E-state index in [0.29, 0.717) is 23.6 Å². The van der Waals surface area contributed by atoms with Crippen molar-refractivity contribution in [3.63, 3.8) is 0 Å². The molecule has 6 heteroatoms. The molecule has 1 saturated carbocycles. The van der Waals surface area contributed by atoms with Crippen LogP contribution in [0.15, 0.2) is 35.5 Å². The minimum atomic E-state index is -0.588. The first-order chi connectivity index (χ1) is 12.5. The Balaban J connectivity index is 1.98. The van der Waals surface area contributed by atoms with Gasteiger partial charge in [-0.3, -0.25) is 0 Å². The molecule has 2 aliphatic rings. The number of nitrogens with one attached hydrogen (secondary N) is 1. The zero-order chi connectivity index (χ0) is 18.7. The number of urea groups is 1. The van der Waals surface area contributed by atoms with Crippen molar-refractivity contribution in [3.05, 3.63) is 41.1 Å². The highest BCUT2D eigenvalue weighted by Crippen LogP contribution is 2.36. The van der Waals surface area contributed by atoms with E-state index in [4.69, 9.17) is 9.47 Å². The number of ether oxygens (including phenoxy) is 2. The molecule has 140 valence electrons. The summed E-state index contributed by atoms with van der Waals surface area (Å²) in [7, 11) is 1.65. The van der Waals surface area contributed by atoms with Crippen LogP contribution < -0.4 is 10.1 Å². The number of para-hydroxylation sites is 1. The fourth-order valence-electron chi connectivity index (χ4n) is 3.56. The Morgan fingerprint density at radius 1 is 1.27 bits per heavy atom. The summed E-state index contributed by atoms with van der Waals surface area (Å²) in [6.07, 6.45) is 3.95. The van der Waals surface area contributed by atoms with Crippen molar-refractivity contribution in [2.75, 3.05) is 13.7 Å². The van der Waals surface area contributed by atoms with Crippen molar-refractivity contribution < 1.29 is 19.1 Å². The first kappa shape index (κ1) is 18.3. The molecule has 0 saturated heterocycles. The lowest BCUT2D eigenvalue weighted by Gasteiger charge is -2.34. The second-order valence-corrected chi connectivity index (χ2v) is 6.72. The van der Waals surface area contributed by atoms with Gasteiger partial charge in [0.1, 0.15) is 11.9 Å². The molecule has 1 aromatic rings. The van der Waals surface area contributed by atoms with Crippen LogP contribution in [-0.4, -0.2) is 36.7 Å². The Hall–Kier alpha value is -2.50. The molecule has 6 nitrogen and oxygen atoms in total. The van der Waals surface area contributed by atoms with Crippen molar-refractivity contribution in [3.8, 4) is 5.75 Å². The monoisotopic (exact) mass is 358 g/mol. The molecule has 1 aliphatic heterocycles. The third kappa shape index (κ3) is 3.54. The smallest absolute Gasteiger partial charge is 0.338 e. The molecule has 3 rings (SSSR count). The highest BCUT2D eigenvalue weighted by atomic mass is 16.5. The highest BCUT2D eigenvalue weighted by Gasteiger charge is 2.37. The van der Waals surface area contributed by atoms with Gasteiger partial charge in [-0.15, -0.1) is 0 Å². The van der Waals surface area contributed by atoms with Gasteiger partial charge in [0.25, 0.3) is 0 Å². The molecule has 1 aliphatic carbocycles. The van der Waals surface area contributed by atoms with E-state index in [1.54, 1.807) is 14.0 Å². The topological polar surface area (TPSA) is 67.9 Å². The fraction of sp³-hybridized carbons (Fsp3) is 0.500. The summed E-state index contributed by atoms with van der Waals surface area (Å²) in [6.45, 7) is 4.18. The molecular weight excluding hydrogens is 332 g/mol. The number of esters is 1. The van der Waals surface area contributed by atoms with Gasteiger partial charge in [0, 0.05) is 18.3 Å². The Morgan fingerprint density at radius 3 is 2.65 bits per heavy atom. The number of benzene rings is 1. The second kappa shape index (κ2) is 7.81. The molecule has 0 aromatic heterocycles. The van der Waals surface area contributed by atoms with Crippen molar-refractivity contribution in [2.24, 2.45) is 0 Å². The molecule has 0 unspecified atom stereocenters. The number of hydrogen-bond donors (Lipinski definition) is 1. The lowest BCUT2D eigenvalue weighted by molar-refractivity contribution is -0.144. The summed E-state index contributed by atoms with van der Waals surface area (Å²) < 4.78 is 11.5. The number of amides is 2. The first-order valence-corrected chi connectivity index (χ1v) is 9.20. The lowest BCUT2D eigenvalue weighted by Crippen LogP contribution is -2.46. The minimum Gasteiger partial charge on any atom is -0.494 e. The molecule has 1 fully saturated rings. The number of allylic oxidation sites excluding steroid dienone is 1. The molecule has 0 spiro atoms. The Labute approximate surface area is 154 Å². The number of hydrogen-bond acceptors (Lipinski definition) is 4. The maximum Gasteiger partial charge on any atom is 0.338 e. The van der Waals surface area contributed by atoms with Crippen LogP contribution in [0.1, 0.15) is 51.1 Å². The Kier molecular flexibility index (Phi) is 5.49. The molecule has 1 N–H and O–H groups in total. The zero-order valence-corrected chi connectivity index (χ0v) is 15.6. The summed E-state index contributed by atoms with van der Waals surface area (Å²) in [5.74, 6) is 0.293. The molecule has 1 atom stereocenters. The largest absolute Gasteiger partial charge is 0.494 e. The lowest BCUT2D eigenvalue weighted by atomic mass is 9.94. The molecule has 1 aromatic carbocycles. The van der Waals surface area contributed by atoms with Gasteiger partial charge < -0.3 is 19.7 Å². The van der Waals surface area contributed by atoms with Crippen molar-refractivity contribution in [1.29, 1.82) is 0 Å². The van der Waals surface area contributed by atoms with E-state index >= 15 is 0 Å². The average molecular weight is 358 g/mol.